The molecule has 7 heteroatoms. The van der Waals surface area contributed by atoms with Crippen LogP contribution in [0, 0.1) is 5.92 Å². The molecular weight excluding hydrogens is 304 g/mol. The highest BCUT2D eigenvalue weighted by molar-refractivity contribution is 5.43. The Labute approximate surface area is 142 Å². The smallest absolute Gasteiger partial charge is 0.224 e. The first-order chi connectivity index (χ1) is 11.6. The van der Waals surface area contributed by atoms with Crippen molar-refractivity contribution in [1.82, 2.24) is 19.5 Å². The molecule has 0 radical (unpaired) electrons. The van der Waals surface area contributed by atoms with E-state index in [-0.39, 0.29) is 6.10 Å². The topological polar surface area (TPSA) is 79.1 Å². The number of imidazole rings is 1. The van der Waals surface area contributed by atoms with E-state index in [4.69, 9.17) is 0 Å². The van der Waals surface area contributed by atoms with Gasteiger partial charge in [-0.25, -0.2) is 9.97 Å². The van der Waals surface area contributed by atoms with E-state index in [0.29, 0.717) is 25.0 Å². The van der Waals surface area contributed by atoms with Gasteiger partial charge in [0.1, 0.15) is 5.82 Å². The molecule has 7 nitrogen and oxygen atoms in total. The summed E-state index contributed by atoms with van der Waals surface area (Å²) < 4.78 is 2.16. The van der Waals surface area contributed by atoms with Crippen LogP contribution < -0.4 is 10.2 Å². The van der Waals surface area contributed by atoms with E-state index in [0.717, 1.165) is 37.4 Å². The molecule has 1 fully saturated rings. The van der Waals surface area contributed by atoms with Gasteiger partial charge < -0.3 is 19.9 Å². The Morgan fingerprint density at radius 2 is 2.29 bits per heavy atom. The normalized spacial score (nSPS) is 18.2. The molecule has 1 aliphatic heterocycles. The molecule has 0 aliphatic carbocycles. The molecule has 24 heavy (non-hydrogen) atoms. The Hall–Kier alpha value is -2.15. The lowest BCUT2D eigenvalue weighted by molar-refractivity contribution is 0.154. The maximum atomic E-state index is 9.83. The van der Waals surface area contributed by atoms with Crippen LogP contribution in [0.5, 0.6) is 0 Å². The van der Waals surface area contributed by atoms with Crippen LogP contribution in [0.3, 0.4) is 0 Å². The second-order valence-corrected chi connectivity index (χ2v) is 6.77. The highest BCUT2D eigenvalue weighted by atomic mass is 16.3. The Morgan fingerprint density at radius 1 is 1.42 bits per heavy atom. The summed E-state index contributed by atoms with van der Waals surface area (Å²) in [6.45, 7) is 7.53. The molecule has 0 saturated carbocycles. The zero-order chi connectivity index (χ0) is 16.9. The third-order valence-electron chi connectivity index (χ3n) is 4.15. The number of anilines is 2. The number of nitrogens with one attached hydrogen (secondary N) is 1. The lowest BCUT2D eigenvalue weighted by Crippen LogP contribution is -2.38. The molecular formula is C17H26N6O. The quantitative estimate of drug-likeness (QED) is 0.842. The van der Waals surface area contributed by atoms with Gasteiger partial charge in [-0.15, -0.1) is 0 Å². The molecule has 0 aromatic carbocycles. The van der Waals surface area contributed by atoms with Crippen LogP contribution in [0.2, 0.25) is 0 Å². The molecule has 0 bridgehead atoms. The van der Waals surface area contributed by atoms with Crippen LogP contribution >= 0.6 is 0 Å². The fraction of sp³-hybridized carbons (Fsp3) is 0.588. The SMILES string of the molecule is CC(C)Cn1cncc1CNc1nccc(N2CCCC(O)C2)n1. The summed E-state index contributed by atoms with van der Waals surface area (Å²) in [5, 5.41) is 13.1. The van der Waals surface area contributed by atoms with E-state index < -0.39 is 0 Å². The van der Waals surface area contributed by atoms with Gasteiger partial charge in [0.25, 0.3) is 0 Å². The molecule has 1 atom stereocenters. The Morgan fingerprint density at radius 3 is 3.08 bits per heavy atom. The molecule has 1 unspecified atom stereocenters. The maximum Gasteiger partial charge on any atom is 0.224 e. The van der Waals surface area contributed by atoms with Crippen LogP contribution in [0.1, 0.15) is 32.4 Å². The number of nitrogens with zero attached hydrogens (tertiary/aromatic N) is 5. The molecule has 3 rings (SSSR count). The Bertz CT molecular complexity index is 656. The first-order valence-corrected chi connectivity index (χ1v) is 8.60. The molecule has 3 heterocycles. The van der Waals surface area contributed by atoms with Crippen LogP contribution in [0.15, 0.2) is 24.8 Å². The van der Waals surface area contributed by atoms with E-state index >= 15 is 0 Å². The number of piperidine rings is 1. The first kappa shape index (κ1) is 16.7. The van der Waals surface area contributed by atoms with Crippen molar-refractivity contribution >= 4 is 11.8 Å². The van der Waals surface area contributed by atoms with Crippen LogP contribution in [0.4, 0.5) is 11.8 Å². The van der Waals surface area contributed by atoms with Gasteiger partial charge in [0, 0.05) is 32.0 Å². The predicted molar refractivity (Wildman–Crippen MR) is 93.9 cm³/mol. The number of aliphatic hydroxyl groups is 1. The Kier molecular flexibility index (Phi) is 5.30. The van der Waals surface area contributed by atoms with E-state index in [1.807, 2.05) is 18.6 Å². The van der Waals surface area contributed by atoms with Crippen molar-refractivity contribution < 1.29 is 5.11 Å². The van der Waals surface area contributed by atoms with Gasteiger partial charge in [-0.3, -0.25) is 0 Å². The van der Waals surface area contributed by atoms with E-state index in [1.54, 1.807) is 6.20 Å². The fourth-order valence-electron chi connectivity index (χ4n) is 3.00. The summed E-state index contributed by atoms with van der Waals surface area (Å²) in [5.74, 6) is 2.04. The van der Waals surface area contributed by atoms with E-state index in [2.05, 4.69) is 43.6 Å². The van der Waals surface area contributed by atoms with Gasteiger partial charge in [-0.2, -0.15) is 4.98 Å². The maximum absolute atomic E-state index is 9.83. The first-order valence-electron chi connectivity index (χ1n) is 8.60. The monoisotopic (exact) mass is 330 g/mol. The minimum absolute atomic E-state index is 0.268. The fourth-order valence-corrected chi connectivity index (χ4v) is 3.00. The van der Waals surface area contributed by atoms with Crippen molar-refractivity contribution in [2.45, 2.75) is 45.9 Å². The Balaban J connectivity index is 1.64. The molecule has 1 aliphatic rings. The van der Waals surface area contributed by atoms with Crippen LogP contribution in [-0.2, 0) is 13.1 Å². The predicted octanol–water partition coefficient (Wildman–Crippen LogP) is 1.90. The minimum Gasteiger partial charge on any atom is -0.391 e. The molecule has 2 aromatic heterocycles. The molecule has 0 spiro atoms. The van der Waals surface area contributed by atoms with Gasteiger partial charge in [-0.05, 0) is 24.8 Å². The standard InChI is InChI=1S/C17H26N6O/c1-13(2)10-23-12-18-8-14(23)9-20-17-19-6-5-16(21-17)22-7-3-4-15(24)11-22/h5-6,8,12-13,15,24H,3-4,7,9-11H2,1-2H3,(H,19,20,21). The largest absolute Gasteiger partial charge is 0.391 e. The van der Waals surface area contributed by atoms with Crippen molar-refractivity contribution in [3.63, 3.8) is 0 Å². The van der Waals surface area contributed by atoms with Crippen LogP contribution in [0.25, 0.3) is 0 Å². The number of β-amino-alcohol motifs (C(OH)–C–C–N with tert-alkyl or cyclic N) is 1. The highest BCUT2D eigenvalue weighted by Gasteiger charge is 2.19. The molecule has 130 valence electrons. The summed E-state index contributed by atoms with van der Waals surface area (Å²) in [5.41, 5.74) is 1.12. The van der Waals surface area contributed by atoms with E-state index in [1.165, 1.54) is 0 Å². The number of rotatable bonds is 6. The molecule has 0 amide bonds. The van der Waals surface area contributed by atoms with Crippen molar-refractivity contribution in [2.24, 2.45) is 5.92 Å². The summed E-state index contributed by atoms with van der Waals surface area (Å²) in [6.07, 6.45) is 7.09. The van der Waals surface area contributed by atoms with Crippen LogP contribution in [-0.4, -0.2) is 43.8 Å². The average molecular weight is 330 g/mol. The van der Waals surface area contributed by atoms with Gasteiger partial charge in [-0.1, -0.05) is 13.8 Å². The van der Waals surface area contributed by atoms with Crippen molar-refractivity contribution in [2.75, 3.05) is 23.3 Å². The lowest BCUT2D eigenvalue weighted by Gasteiger charge is -2.31. The van der Waals surface area contributed by atoms with E-state index in [9.17, 15) is 5.11 Å². The molecule has 1 saturated heterocycles. The number of hydrogen-bond donors (Lipinski definition) is 2. The second-order valence-electron chi connectivity index (χ2n) is 6.77. The third-order valence-corrected chi connectivity index (χ3v) is 4.15. The summed E-state index contributed by atoms with van der Waals surface area (Å²) >= 11 is 0. The number of aromatic nitrogens is 4. The third kappa shape index (κ3) is 4.23. The van der Waals surface area contributed by atoms with Gasteiger partial charge in [0.15, 0.2) is 0 Å². The number of aliphatic hydroxyl groups excluding tert-OH is 1. The summed E-state index contributed by atoms with van der Waals surface area (Å²) in [6, 6.07) is 1.90. The van der Waals surface area contributed by atoms with Crippen molar-refractivity contribution in [1.29, 1.82) is 0 Å². The number of hydrogen-bond acceptors (Lipinski definition) is 6. The second kappa shape index (κ2) is 7.61. The average Bonchev–Trinajstić information content (AvgIpc) is 2.99. The van der Waals surface area contributed by atoms with Gasteiger partial charge >= 0.3 is 0 Å². The van der Waals surface area contributed by atoms with Crippen molar-refractivity contribution in [3.8, 4) is 0 Å². The molecule has 2 aromatic rings. The highest BCUT2D eigenvalue weighted by Crippen LogP contribution is 2.18. The molecule has 2 N–H and O–H groups in total. The lowest BCUT2D eigenvalue weighted by atomic mass is 10.1. The minimum atomic E-state index is -0.268. The van der Waals surface area contributed by atoms with Crippen molar-refractivity contribution in [3.05, 3.63) is 30.5 Å². The van der Waals surface area contributed by atoms with Gasteiger partial charge in [0.2, 0.25) is 5.95 Å². The summed E-state index contributed by atoms with van der Waals surface area (Å²) in [4.78, 5) is 15.2. The summed E-state index contributed by atoms with van der Waals surface area (Å²) in [7, 11) is 0. The zero-order valence-corrected chi connectivity index (χ0v) is 14.4. The van der Waals surface area contributed by atoms with Gasteiger partial charge in [0.05, 0.1) is 24.7 Å². The zero-order valence-electron chi connectivity index (χ0n) is 14.4.